The molecule has 2 nitrogen and oxygen atoms in total. The Bertz CT molecular complexity index is 2480. The summed E-state index contributed by atoms with van der Waals surface area (Å²) >= 11 is 0. The van der Waals surface area contributed by atoms with E-state index >= 15 is 0 Å². The van der Waals surface area contributed by atoms with Crippen LogP contribution in [-0.2, 0) is 5.41 Å². The van der Waals surface area contributed by atoms with Gasteiger partial charge in [0.05, 0.1) is 0 Å². The largest absolute Gasteiger partial charge is 0.311 e. The van der Waals surface area contributed by atoms with Crippen molar-refractivity contribution in [2.24, 2.45) is 23.7 Å². The van der Waals surface area contributed by atoms with Crippen LogP contribution in [0.15, 0.2) is 182 Å². The van der Waals surface area contributed by atoms with Crippen LogP contribution in [0.2, 0.25) is 13.1 Å². The second kappa shape index (κ2) is 13.5. The maximum atomic E-state index is 2.51. The molecule has 0 radical (unpaired) electrons. The van der Waals surface area contributed by atoms with Crippen molar-refractivity contribution in [2.45, 2.75) is 50.6 Å². The zero-order valence-electron chi connectivity index (χ0n) is 33.1. The topological polar surface area (TPSA) is 6.48 Å². The van der Waals surface area contributed by atoms with Crippen molar-refractivity contribution in [1.82, 2.24) is 0 Å². The molecular formula is C54H50N2Si. The average molecular weight is 755 g/mol. The number of hydrogen-bond acceptors (Lipinski definition) is 2. The van der Waals surface area contributed by atoms with E-state index in [0.29, 0.717) is 11.8 Å². The van der Waals surface area contributed by atoms with Crippen LogP contribution < -0.4 is 20.2 Å². The van der Waals surface area contributed by atoms with E-state index in [1.165, 1.54) is 88.5 Å². The van der Waals surface area contributed by atoms with Crippen molar-refractivity contribution in [2.75, 3.05) is 9.80 Å². The first kappa shape index (κ1) is 34.6. The minimum atomic E-state index is -1.74. The summed E-state index contributed by atoms with van der Waals surface area (Å²) in [5, 5.41) is 3.09. The van der Waals surface area contributed by atoms with E-state index in [1.54, 1.807) is 10.4 Å². The van der Waals surface area contributed by atoms with Gasteiger partial charge >= 0.3 is 0 Å². The van der Waals surface area contributed by atoms with Gasteiger partial charge in [0.2, 0.25) is 0 Å². The standard InChI is InChI=1S/C54H50N2Si/c1-57(2)52-21-13-12-20-50(52)51-37-49(30-31-53(51)57)56(46-18-10-5-11-19-46)48-28-24-41(25-29-48)54(42-33-38-32-39(35-42)36-43(54)34-38)40-22-26-47(27-23-40)55(44-14-6-3-7-15-44)45-16-8-4-9-17-45/h3-31,37-39,42-43H,32-36H2,1-2H3. The van der Waals surface area contributed by atoms with E-state index in [1.807, 2.05) is 0 Å². The Hall–Kier alpha value is -5.64. The van der Waals surface area contributed by atoms with E-state index in [9.17, 15) is 0 Å². The van der Waals surface area contributed by atoms with Gasteiger partial charge in [0.1, 0.15) is 8.07 Å². The number of para-hydroxylation sites is 3. The van der Waals surface area contributed by atoms with Crippen molar-refractivity contribution >= 4 is 52.6 Å². The Morgan fingerprint density at radius 3 is 1.26 bits per heavy atom. The molecule has 57 heavy (non-hydrogen) atoms. The van der Waals surface area contributed by atoms with Crippen LogP contribution >= 0.6 is 0 Å². The fraction of sp³-hybridized carbons (Fsp3) is 0.222. The molecule has 3 heteroatoms. The summed E-state index contributed by atoms with van der Waals surface area (Å²) in [4.78, 5) is 4.86. The maximum Gasteiger partial charge on any atom is 0.113 e. The highest BCUT2D eigenvalue weighted by molar-refractivity contribution is 7.03. The molecule has 5 aliphatic rings. The molecule has 0 unspecified atom stereocenters. The first-order valence-electron chi connectivity index (χ1n) is 21.2. The molecule has 1 aliphatic heterocycles. The summed E-state index contributed by atoms with van der Waals surface area (Å²) in [6.45, 7) is 5.00. The lowest BCUT2D eigenvalue weighted by Crippen LogP contribution is -2.56. The van der Waals surface area contributed by atoms with E-state index in [4.69, 9.17) is 0 Å². The van der Waals surface area contributed by atoms with Crippen molar-refractivity contribution in [3.05, 3.63) is 193 Å². The summed E-state index contributed by atoms with van der Waals surface area (Å²) in [6.07, 6.45) is 6.85. The quantitative estimate of drug-likeness (QED) is 0.143. The van der Waals surface area contributed by atoms with Gasteiger partial charge in [0.15, 0.2) is 0 Å². The van der Waals surface area contributed by atoms with E-state index < -0.39 is 8.07 Å². The molecule has 1 heterocycles. The van der Waals surface area contributed by atoms with Gasteiger partial charge in [-0.25, -0.2) is 0 Å². The molecule has 4 saturated carbocycles. The summed E-state index contributed by atoms with van der Waals surface area (Å²) in [6, 6.07) is 68.6. The van der Waals surface area contributed by atoms with Crippen LogP contribution in [0.3, 0.4) is 0 Å². The summed E-state index contributed by atoms with van der Waals surface area (Å²) in [5.74, 6) is 3.11. The number of nitrogens with zero attached hydrogens (tertiary/aromatic N) is 2. The van der Waals surface area contributed by atoms with Crippen LogP contribution in [-0.4, -0.2) is 8.07 Å². The third-order valence-electron chi connectivity index (χ3n) is 14.5. The summed E-state index contributed by atoms with van der Waals surface area (Å²) < 4.78 is 0. The molecule has 0 N–H and O–H groups in total. The highest BCUT2D eigenvalue weighted by Gasteiger charge is 2.58. The number of hydrogen-bond donors (Lipinski definition) is 0. The van der Waals surface area contributed by atoms with E-state index in [0.717, 1.165) is 11.8 Å². The number of rotatable bonds is 8. The third-order valence-corrected chi connectivity index (χ3v) is 18.1. The van der Waals surface area contributed by atoms with Crippen LogP contribution in [0.4, 0.5) is 34.1 Å². The van der Waals surface area contributed by atoms with Crippen LogP contribution in [0.1, 0.15) is 43.2 Å². The zero-order chi connectivity index (χ0) is 38.1. The second-order valence-electron chi connectivity index (χ2n) is 17.8. The Balaban J connectivity index is 1.01. The number of fused-ring (bicyclic) bond motifs is 3. The Labute approximate surface area is 339 Å². The average Bonchev–Trinajstić information content (AvgIpc) is 3.48. The predicted molar refractivity (Wildman–Crippen MR) is 242 cm³/mol. The normalized spacial score (nSPS) is 23.5. The van der Waals surface area contributed by atoms with Crippen LogP contribution in [0, 0.1) is 23.7 Å². The molecule has 4 fully saturated rings. The van der Waals surface area contributed by atoms with Gasteiger partial charge in [-0.05, 0) is 161 Å². The van der Waals surface area contributed by atoms with Gasteiger partial charge in [-0.1, -0.05) is 122 Å². The Morgan fingerprint density at radius 2 is 0.772 bits per heavy atom. The molecule has 0 aromatic heterocycles. The van der Waals surface area contributed by atoms with Gasteiger partial charge in [-0.15, -0.1) is 0 Å². The monoisotopic (exact) mass is 754 g/mol. The minimum absolute atomic E-state index is 0.0138. The molecule has 0 amide bonds. The van der Waals surface area contributed by atoms with Gasteiger partial charge in [0, 0.05) is 39.5 Å². The molecule has 0 atom stereocenters. The minimum Gasteiger partial charge on any atom is -0.311 e. The maximum absolute atomic E-state index is 2.51. The van der Waals surface area contributed by atoms with E-state index in [-0.39, 0.29) is 5.41 Å². The first-order valence-corrected chi connectivity index (χ1v) is 24.2. The van der Waals surface area contributed by atoms with Crippen molar-refractivity contribution in [1.29, 1.82) is 0 Å². The van der Waals surface area contributed by atoms with Crippen molar-refractivity contribution < 1.29 is 0 Å². The Kier molecular flexibility index (Phi) is 8.19. The summed E-state index contributed by atoms with van der Waals surface area (Å²) in [7, 11) is -1.74. The molecule has 0 spiro atoms. The van der Waals surface area contributed by atoms with Crippen LogP contribution in [0.25, 0.3) is 11.1 Å². The summed E-state index contributed by atoms with van der Waals surface area (Å²) in [5.41, 5.74) is 13.0. The van der Waals surface area contributed by atoms with Crippen LogP contribution in [0.5, 0.6) is 0 Å². The fourth-order valence-corrected chi connectivity index (χ4v) is 15.4. The van der Waals surface area contributed by atoms with Gasteiger partial charge in [-0.2, -0.15) is 0 Å². The van der Waals surface area contributed by atoms with E-state index in [2.05, 4.69) is 205 Å². The van der Waals surface area contributed by atoms with Gasteiger partial charge in [0.25, 0.3) is 0 Å². The predicted octanol–water partition coefficient (Wildman–Crippen LogP) is 13.2. The van der Waals surface area contributed by atoms with Gasteiger partial charge < -0.3 is 9.80 Å². The molecule has 7 aromatic rings. The SMILES string of the molecule is C[Si]1(C)c2ccccc2-c2cc(N(c3ccccc3)c3ccc(C4(c5ccc(N(c6ccccc6)c6ccccc6)cc5)C5CC6CC(C5)CC4C6)cc3)ccc21. The highest BCUT2D eigenvalue weighted by atomic mass is 28.3. The Morgan fingerprint density at radius 1 is 0.386 bits per heavy atom. The number of benzene rings is 7. The fourth-order valence-electron chi connectivity index (χ4n) is 12.3. The lowest BCUT2D eigenvalue weighted by atomic mass is 9.42. The molecule has 7 aromatic carbocycles. The van der Waals surface area contributed by atoms with Gasteiger partial charge in [-0.3, -0.25) is 0 Å². The molecule has 4 bridgehead atoms. The molecule has 4 aliphatic carbocycles. The zero-order valence-corrected chi connectivity index (χ0v) is 34.1. The smallest absolute Gasteiger partial charge is 0.113 e. The lowest BCUT2D eigenvalue weighted by Gasteiger charge is -2.62. The second-order valence-corrected chi connectivity index (χ2v) is 22.2. The number of anilines is 6. The first-order chi connectivity index (χ1) is 28.0. The molecule has 0 saturated heterocycles. The molecular weight excluding hydrogens is 705 g/mol. The lowest BCUT2D eigenvalue weighted by molar-refractivity contribution is -0.0418. The highest BCUT2D eigenvalue weighted by Crippen LogP contribution is 2.65. The van der Waals surface area contributed by atoms with Crippen molar-refractivity contribution in [3.8, 4) is 11.1 Å². The third kappa shape index (κ3) is 5.50. The molecule has 12 rings (SSSR count). The molecule has 280 valence electrons. The van der Waals surface area contributed by atoms with Crippen molar-refractivity contribution in [3.63, 3.8) is 0 Å².